The first kappa shape index (κ1) is 17.2. The Labute approximate surface area is 138 Å². The van der Waals surface area contributed by atoms with E-state index in [1.165, 1.54) is 0 Å². The second-order valence-electron chi connectivity index (χ2n) is 5.29. The maximum absolute atomic E-state index is 6.04. The molecule has 124 valence electrons. The van der Waals surface area contributed by atoms with Crippen molar-refractivity contribution >= 4 is 0 Å². The van der Waals surface area contributed by atoms with Crippen LogP contribution in [0.5, 0.6) is 17.2 Å². The molecule has 0 saturated heterocycles. The Balaban J connectivity index is 2.30. The molecule has 0 heterocycles. The van der Waals surface area contributed by atoms with Gasteiger partial charge < -0.3 is 19.9 Å². The van der Waals surface area contributed by atoms with Crippen molar-refractivity contribution in [3.8, 4) is 17.2 Å². The van der Waals surface area contributed by atoms with Gasteiger partial charge in [-0.05, 0) is 43.1 Å². The first-order valence-electron chi connectivity index (χ1n) is 7.86. The summed E-state index contributed by atoms with van der Waals surface area (Å²) in [6.07, 6.45) is 0.785. The van der Waals surface area contributed by atoms with E-state index in [0.29, 0.717) is 13.2 Å². The predicted octanol–water partition coefficient (Wildman–Crippen LogP) is 3.39. The topological polar surface area (TPSA) is 53.7 Å². The van der Waals surface area contributed by atoms with Crippen LogP contribution in [-0.4, -0.2) is 27.4 Å². The molecule has 0 aromatic heterocycles. The Kier molecular flexibility index (Phi) is 6.29. The average Bonchev–Trinajstić information content (AvgIpc) is 2.60. The quantitative estimate of drug-likeness (QED) is 0.811. The molecule has 4 nitrogen and oxygen atoms in total. The van der Waals surface area contributed by atoms with Crippen molar-refractivity contribution in [2.45, 2.75) is 19.3 Å². The van der Waals surface area contributed by atoms with Gasteiger partial charge in [0.1, 0.15) is 17.2 Å². The van der Waals surface area contributed by atoms with E-state index in [4.69, 9.17) is 19.9 Å². The van der Waals surface area contributed by atoms with E-state index in [2.05, 4.69) is 6.07 Å². The van der Waals surface area contributed by atoms with E-state index in [-0.39, 0.29) is 5.92 Å². The molecule has 2 aromatic carbocycles. The van der Waals surface area contributed by atoms with Crippen LogP contribution < -0.4 is 19.9 Å². The molecule has 2 rings (SSSR count). The summed E-state index contributed by atoms with van der Waals surface area (Å²) in [6, 6.07) is 14.0. The summed E-state index contributed by atoms with van der Waals surface area (Å²) in [4.78, 5) is 0. The lowest BCUT2D eigenvalue weighted by atomic mass is 9.91. The van der Waals surface area contributed by atoms with Crippen LogP contribution in [0.25, 0.3) is 0 Å². The third-order valence-electron chi connectivity index (χ3n) is 3.90. The maximum Gasteiger partial charge on any atom is 0.125 e. The molecule has 23 heavy (non-hydrogen) atoms. The molecular formula is C19H25NO3. The van der Waals surface area contributed by atoms with Gasteiger partial charge in [-0.1, -0.05) is 24.3 Å². The maximum atomic E-state index is 6.04. The highest BCUT2D eigenvalue weighted by atomic mass is 16.5. The van der Waals surface area contributed by atoms with Crippen molar-refractivity contribution in [1.29, 1.82) is 0 Å². The van der Waals surface area contributed by atoms with Gasteiger partial charge in [-0.25, -0.2) is 0 Å². The minimum absolute atomic E-state index is 0.167. The third kappa shape index (κ3) is 4.17. The normalized spacial score (nSPS) is 11.8. The van der Waals surface area contributed by atoms with Crippen LogP contribution in [0.3, 0.4) is 0 Å². The summed E-state index contributed by atoms with van der Waals surface area (Å²) < 4.78 is 16.5. The minimum atomic E-state index is 0.167. The van der Waals surface area contributed by atoms with Gasteiger partial charge in [-0.2, -0.15) is 0 Å². The zero-order valence-corrected chi connectivity index (χ0v) is 14.0. The molecule has 0 radical (unpaired) electrons. The molecule has 0 fully saturated rings. The van der Waals surface area contributed by atoms with Crippen LogP contribution in [-0.2, 0) is 6.42 Å². The van der Waals surface area contributed by atoms with Crippen LogP contribution >= 0.6 is 0 Å². The molecule has 1 atom stereocenters. The fraction of sp³-hybridized carbons (Fsp3) is 0.368. The molecular weight excluding hydrogens is 290 g/mol. The number of hydrogen-bond acceptors (Lipinski definition) is 4. The zero-order chi connectivity index (χ0) is 16.7. The molecule has 0 spiro atoms. The molecule has 1 unspecified atom stereocenters. The number of rotatable bonds is 8. The number of ether oxygens (including phenoxy) is 3. The summed E-state index contributed by atoms with van der Waals surface area (Å²) in [5.74, 6) is 2.67. The van der Waals surface area contributed by atoms with Crippen LogP contribution in [0.15, 0.2) is 42.5 Å². The van der Waals surface area contributed by atoms with Crippen molar-refractivity contribution in [2.24, 2.45) is 5.73 Å². The van der Waals surface area contributed by atoms with Gasteiger partial charge in [-0.3, -0.25) is 0 Å². The second kappa shape index (κ2) is 8.44. The summed E-state index contributed by atoms with van der Waals surface area (Å²) >= 11 is 0. The van der Waals surface area contributed by atoms with Crippen molar-refractivity contribution in [1.82, 2.24) is 0 Å². The molecule has 2 aromatic rings. The second-order valence-corrected chi connectivity index (χ2v) is 5.29. The van der Waals surface area contributed by atoms with E-state index in [0.717, 1.165) is 34.8 Å². The van der Waals surface area contributed by atoms with Gasteiger partial charge >= 0.3 is 0 Å². The van der Waals surface area contributed by atoms with E-state index < -0.39 is 0 Å². The SMILES string of the molecule is CCOc1ccccc1C(CN)Cc1ccc(OC)cc1OC. The highest BCUT2D eigenvalue weighted by molar-refractivity contribution is 5.43. The Morgan fingerprint density at radius 2 is 1.78 bits per heavy atom. The van der Waals surface area contributed by atoms with Crippen molar-refractivity contribution < 1.29 is 14.2 Å². The summed E-state index contributed by atoms with van der Waals surface area (Å²) in [7, 11) is 3.32. The number of benzene rings is 2. The molecule has 0 aliphatic rings. The van der Waals surface area contributed by atoms with Gasteiger partial charge in [0.15, 0.2) is 0 Å². The summed E-state index contributed by atoms with van der Waals surface area (Å²) in [5.41, 5.74) is 8.28. The lowest BCUT2D eigenvalue weighted by Crippen LogP contribution is -2.16. The smallest absolute Gasteiger partial charge is 0.125 e. The summed E-state index contributed by atoms with van der Waals surface area (Å²) in [6.45, 7) is 3.17. The highest BCUT2D eigenvalue weighted by Gasteiger charge is 2.17. The van der Waals surface area contributed by atoms with Crippen molar-refractivity contribution in [3.05, 3.63) is 53.6 Å². The van der Waals surface area contributed by atoms with Gasteiger partial charge in [0, 0.05) is 12.0 Å². The number of methoxy groups -OCH3 is 2. The Morgan fingerprint density at radius 3 is 2.43 bits per heavy atom. The largest absolute Gasteiger partial charge is 0.497 e. The zero-order valence-electron chi connectivity index (χ0n) is 14.0. The van der Waals surface area contributed by atoms with Gasteiger partial charge in [-0.15, -0.1) is 0 Å². The van der Waals surface area contributed by atoms with Crippen molar-refractivity contribution in [2.75, 3.05) is 27.4 Å². The average molecular weight is 315 g/mol. The van der Waals surface area contributed by atoms with Crippen LogP contribution in [0.4, 0.5) is 0 Å². The molecule has 0 amide bonds. The molecule has 4 heteroatoms. The molecule has 0 bridgehead atoms. The standard InChI is InChI=1S/C19H25NO3/c1-4-23-18-8-6-5-7-17(18)15(13-20)11-14-9-10-16(21-2)12-19(14)22-3/h5-10,12,15H,4,11,13,20H2,1-3H3. The fourth-order valence-corrected chi connectivity index (χ4v) is 2.71. The van der Waals surface area contributed by atoms with E-state index >= 15 is 0 Å². The first-order chi connectivity index (χ1) is 11.2. The summed E-state index contributed by atoms with van der Waals surface area (Å²) in [5, 5.41) is 0. The van der Waals surface area contributed by atoms with Crippen LogP contribution in [0.2, 0.25) is 0 Å². The Bertz CT molecular complexity index is 628. The monoisotopic (exact) mass is 315 g/mol. The Morgan fingerprint density at radius 1 is 1.00 bits per heavy atom. The van der Waals surface area contributed by atoms with Gasteiger partial charge in [0.05, 0.1) is 20.8 Å². The molecule has 2 N–H and O–H groups in total. The van der Waals surface area contributed by atoms with Crippen molar-refractivity contribution in [3.63, 3.8) is 0 Å². The van der Waals surface area contributed by atoms with Gasteiger partial charge in [0.2, 0.25) is 0 Å². The van der Waals surface area contributed by atoms with Gasteiger partial charge in [0.25, 0.3) is 0 Å². The van der Waals surface area contributed by atoms with E-state index in [1.807, 2.05) is 43.3 Å². The fourth-order valence-electron chi connectivity index (χ4n) is 2.71. The van der Waals surface area contributed by atoms with Crippen LogP contribution in [0.1, 0.15) is 24.0 Å². The third-order valence-corrected chi connectivity index (χ3v) is 3.90. The van der Waals surface area contributed by atoms with Crippen LogP contribution in [0, 0.1) is 0 Å². The minimum Gasteiger partial charge on any atom is -0.497 e. The molecule has 0 aliphatic carbocycles. The number of nitrogens with two attached hydrogens (primary N) is 1. The Hall–Kier alpha value is -2.20. The highest BCUT2D eigenvalue weighted by Crippen LogP contribution is 2.33. The predicted molar refractivity (Wildman–Crippen MR) is 92.7 cm³/mol. The number of hydrogen-bond donors (Lipinski definition) is 1. The number of para-hydroxylation sites is 1. The lowest BCUT2D eigenvalue weighted by Gasteiger charge is -2.20. The van der Waals surface area contributed by atoms with E-state index in [1.54, 1.807) is 14.2 Å². The molecule has 0 saturated carbocycles. The lowest BCUT2D eigenvalue weighted by molar-refractivity contribution is 0.333. The molecule has 0 aliphatic heterocycles. The van der Waals surface area contributed by atoms with E-state index in [9.17, 15) is 0 Å². The first-order valence-corrected chi connectivity index (χ1v) is 7.86.